The number of ether oxygens (including phenoxy) is 2. The molecule has 2 aromatic carbocycles. The molecule has 0 radical (unpaired) electrons. The van der Waals surface area contributed by atoms with Gasteiger partial charge in [-0.1, -0.05) is 35.9 Å². The van der Waals surface area contributed by atoms with Gasteiger partial charge in [-0.2, -0.15) is 0 Å². The molecule has 6 nitrogen and oxygen atoms in total. The third kappa shape index (κ3) is 3.16. The molecule has 2 N–H and O–H groups in total. The van der Waals surface area contributed by atoms with E-state index in [0.29, 0.717) is 19.0 Å². The monoisotopic (exact) mass is 393 g/mol. The van der Waals surface area contributed by atoms with Crippen molar-refractivity contribution in [3.8, 4) is 16.9 Å². The van der Waals surface area contributed by atoms with Gasteiger partial charge in [0.25, 0.3) is 0 Å². The van der Waals surface area contributed by atoms with Crippen molar-refractivity contribution in [3.63, 3.8) is 0 Å². The summed E-state index contributed by atoms with van der Waals surface area (Å²) in [7, 11) is 1.80. The fourth-order valence-corrected chi connectivity index (χ4v) is 4.72. The predicted molar refractivity (Wildman–Crippen MR) is 111 cm³/mol. The Balaban J connectivity index is 1.63. The van der Waals surface area contributed by atoms with Gasteiger partial charge in [0.1, 0.15) is 11.4 Å². The number of rotatable bonds is 1. The fraction of sp³-hybridized carbons (Fsp3) is 0.435. The zero-order valence-electron chi connectivity index (χ0n) is 17.0. The van der Waals surface area contributed by atoms with Gasteiger partial charge < -0.3 is 15.2 Å². The third-order valence-electron chi connectivity index (χ3n) is 6.17. The van der Waals surface area contributed by atoms with Gasteiger partial charge in [0.15, 0.2) is 0 Å². The Labute approximate surface area is 171 Å². The molecule has 0 bridgehead atoms. The first-order valence-corrected chi connectivity index (χ1v) is 10.3. The van der Waals surface area contributed by atoms with Crippen LogP contribution in [0.1, 0.15) is 36.8 Å². The van der Waals surface area contributed by atoms with E-state index in [-0.39, 0.29) is 5.60 Å². The summed E-state index contributed by atoms with van der Waals surface area (Å²) in [6.45, 7) is 3.55. The normalized spacial score (nSPS) is 28.8. The second-order valence-electron chi connectivity index (χ2n) is 8.35. The Morgan fingerprint density at radius 3 is 2.72 bits per heavy atom. The number of hydroxylamine groups is 2. The summed E-state index contributed by atoms with van der Waals surface area (Å²) >= 11 is 0. The molecule has 3 aliphatic rings. The number of benzene rings is 2. The molecule has 2 atom stereocenters. The van der Waals surface area contributed by atoms with Gasteiger partial charge in [-0.3, -0.25) is 0 Å². The molecule has 2 aromatic rings. The fourth-order valence-electron chi connectivity index (χ4n) is 4.72. The molecule has 1 saturated heterocycles. The maximum atomic E-state index is 6.62. The molecular weight excluding hydrogens is 366 g/mol. The minimum atomic E-state index is -0.864. The van der Waals surface area contributed by atoms with Gasteiger partial charge in [-0.25, -0.2) is 14.9 Å². The zero-order valence-corrected chi connectivity index (χ0v) is 17.0. The Morgan fingerprint density at radius 2 is 1.93 bits per heavy atom. The van der Waals surface area contributed by atoms with E-state index < -0.39 is 5.72 Å². The SMILES string of the molecule is Cc1cccc(-c2ccc3c(c2)C2(CC4(CCCOCC4)O3)N=C(N)N(C)O2)c1. The van der Waals surface area contributed by atoms with Gasteiger partial charge in [0.05, 0.1) is 12.2 Å². The van der Waals surface area contributed by atoms with E-state index in [2.05, 4.69) is 49.4 Å². The van der Waals surface area contributed by atoms with Crippen LogP contribution in [-0.2, 0) is 15.3 Å². The molecular formula is C23H27N3O3. The average Bonchev–Trinajstić information content (AvgIpc) is 2.85. The van der Waals surface area contributed by atoms with Gasteiger partial charge >= 0.3 is 0 Å². The number of hydrogen-bond donors (Lipinski definition) is 1. The maximum Gasteiger partial charge on any atom is 0.222 e. The Morgan fingerprint density at radius 1 is 1.07 bits per heavy atom. The van der Waals surface area contributed by atoms with Crippen LogP contribution in [0.2, 0.25) is 0 Å². The first-order chi connectivity index (χ1) is 14.0. The quantitative estimate of drug-likeness (QED) is 0.800. The van der Waals surface area contributed by atoms with Crippen LogP contribution in [0.3, 0.4) is 0 Å². The van der Waals surface area contributed by atoms with Crippen molar-refractivity contribution in [3.05, 3.63) is 53.6 Å². The second kappa shape index (κ2) is 6.75. The van der Waals surface area contributed by atoms with Crippen LogP contribution in [0.15, 0.2) is 47.5 Å². The van der Waals surface area contributed by atoms with Crippen LogP contribution in [0.25, 0.3) is 11.1 Å². The van der Waals surface area contributed by atoms with Gasteiger partial charge in [0, 0.05) is 26.5 Å². The summed E-state index contributed by atoms with van der Waals surface area (Å²) in [5.74, 6) is 1.21. The first kappa shape index (κ1) is 18.5. The summed E-state index contributed by atoms with van der Waals surface area (Å²) in [5.41, 5.74) is 9.35. The lowest BCUT2D eigenvalue weighted by atomic mass is 9.79. The predicted octanol–water partition coefficient (Wildman–Crippen LogP) is 3.73. The van der Waals surface area contributed by atoms with Crippen LogP contribution in [0, 0.1) is 6.92 Å². The molecule has 3 heterocycles. The molecule has 3 aliphatic heterocycles. The summed E-state index contributed by atoms with van der Waals surface area (Å²) in [6.07, 6.45) is 3.31. The van der Waals surface area contributed by atoms with Crippen molar-refractivity contribution in [2.45, 2.75) is 43.9 Å². The number of aryl methyl sites for hydroxylation is 1. The lowest BCUT2D eigenvalue weighted by molar-refractivity contribution is -0.205. The number of nitrogens with two attached hydrogens (primary N) is 1. The molecule has 0 amide bonds. The largest absolute Gasteiger partial charge is 0.487 e. The molecule has 29 heavy (non-hydrogen) atoms. The molecule has 6 heteroatoms. The Bertz CT molecular complexity index is 966. The summed E-state index contributed by atoms with van der Waals surface area (Å²) in [6, 6.07) is 14.8. The molecule has 0 aromatic heterocycles. The lowest BCUT2D eigenvalue weighted by Gasteiger charge is -2.44. The molecule has 2 unspecified atom stereocenters. The minimum absolute atomic E-state index is 0.358. The molecule has 1 fully saturated rings. The summed E-state index contributed by atoms with van der Waals surface area (Å²) < 4.78 is 12.3. The standard InChI is InChI=1S/C23H27N3O3/c1-16-5-3-6-17(13-16)18-7-8-20-19(14-18)23(25-21(24)26(2)29-23)15-22(28-20)9-4-11-27-12-10-22/h3,5-8,13-14H,4,9-12,15H2,1-2H3,(H2,24,25). The van der Waals surface area contributed by atoms with Crippen molar-refractivity contribution in [1.82, 2.24) is 5.06 Å². The van der Waals surface area contributed by atoms with E-state index >= 15 is 0 Å². The minimum Gasteiger partial charge on any atom is -0.487 e. The Hall–Kier alpha value is -2.57. The van der Waals surface area contributed by atoms with Crippen LogP contribution in [0.4, 0.5) is 0 Å². The smallest absolute Gasteiger partial charge is 0.222 e. The number of fused-ring (bicyclic) bond motifs is 2. The van der Waals surface area contributed by atoms with Crippen LogP contribution in [-0.4, -0.2) is 36.9 Å². The van der Waals surface area contributed by atoms with Crippen molar-refractivity contribution in [1.29, 1.82) is 0 Å². The highest BCUT2D eigenvalue weighted by molar-refractivity contribution is 5.79. The molecule has 0 aliphatic carbocycles. The van der Waals surface area contributed by atoms with E-state index in [1.807, 2.05) is 0 Å². The number of guanidine groups is 1. The Kier molecular flexibility index (Phi) is 4.29. The maximum absolute atomic E-state index is 6.62. The number of hydrogen-bond acceptors (Lipinski definition) is 6. The van der Waals surface area contributed by atoms with E-state index in [1.54, 1.807) is 12.1 Å². The molecule has 2 spiro atoms. The van der Waals surface area contributed by atoms with E-state index in [0.717, 1.165) is 48.3 Å². The van der Waals surface area contributed by atoms with Crippen molar-refractivity contribution < 1.29 is 14.3 Å². The summed E-state index contributed by atoms with van der Waals surface area (Å²) in [4.78, 5) is 11.1. The van der Waals surface area contributed by atoms with Crippen molar-refractivity contribution in [2.24, 2.45) is 10.7 Å². The van der Waals surface area contributed by atoms with Crippen LogP contribution >= 0.6 is 0 Å². The highest BCUT2D eigenvalue weighted by Crippen LogP contribution is 2.52. The lowest BCUT2D eigenvalue weighted by Crippen LogP contribution is -2.48. The molecule has 152 valence electrons. The molecule has 5 rings (SSSR count). The second-order valence-corrected chi connectivity index (χ2v) is 8.35. The van der Waals surface area contributed by atoms with E-state index in [4.69, 9.17) is 25.0 Å². The highest BCUT2D eigenvalue weighted by atomic mass is 16.7. The zero-order chi connectivity index (χ0) is 20.1. The van der Waals surface area contributed by atoms with Crippen molar-refractivity contribution in [2.75, 3.05) is 20.3 Å². The number of nitrogens with zero attached hydrogens (tertiary/aromatic N) is 2. The van der Waals surface area contributed by atoms with Crippen molar-refractivity contribution >= 4 is 5.96 Å². The van der Waals surface area contributed by atoms with Crippen LogP contribution < -0.4 is 10.5 Å². The van der Waals surface area contributed by atoms with Gasteiger partial charge in [-0.15, -0.1) is 0 Å². The van der Waals surface area contributed by atoms with Gasteiger partial charge in [-0.05, 0) is 43.0 Å². The highest BCUT2D eigenvalue weighted by Gasteiger charge is 2.54. The van der Waals surface area contributed by atoms with E-state index in [9.17, 15) is 0 Å². The first-order valence-electron chi connectivity index (χ1n) is 10.3. The molecule has 0 saturated carbocycles. The van der Waals surface area contributed by atoms with Gasteiger partial charge in [0.2, 0.25) is 11.7 Å². The topological polar surface area (TPSA) is 69.3 Å². The third-order valence-corrected chi connectivity index (χ3v) is 6.17. The van der Waals surface area contributed by atoms with E-state index in [1.165, 1.54) is 5.56 Å². The van der Waals surface area contributed by atoms with Crippen LogP contribution in [0.5, 0.6) is 5.75 Å². The number of aliphatic imine (C=N–C) groups is 1. The average molecular weight is 393 g/mol. The summed E-state index contributed by atoms with van der Waals surface area (Å²) in [5, 5.41) is 1.56.